The van der Waals surface area contributed by atoms with E-state index in [0.717, 1.165) is 17.4 Å². The van der Waals surface area contributed by atoms with Crippen LogP contribution in [0.5, 0.6) is 0 Å². The molecule has 0 N–H and O–H groups in total. The second kappa shape index (κ2) is 6.00. The average Bonchev–Trinajstić information content (AvgIpc) is 2.34. The van der Waals surface area contributed by atoms with Gasteiger partial charge in [-0.2, -0.15) is 0 Å². The molecule has 0 aliphatic carbocycles. The van der Waals surface area contributed by atoms with Gasteiger partial charge in [-0.1, -0.05) is 12.1 Å². The van der Waals surface area contributed by atoms with Crippen LogP contribution in [0.15, 0.2) is 24.3 Å². The van der Waals surface area contributed by atoms with Crippen LogP contribution in [0.4, 0.5) is 4.39 Å². The Morgan fingerprint density at radius 3 is 1.88 bits per heavy atom. The van der Waals surface area contributed by atoms with Gasteiger partial charge in [-0.3, -0.25) is 0 Å². The molecule has 0 heterocycles. The Kier molecular flexibility index (Phi) is 4.94. The van der Waals surface area contributed by atoms with Crippen molar-refractivity contribution in [3.05, 3.63) is 35.6 Å². The van der Waals surface area contributed by atoms with E-state index in [9.17, 15) is 4.39 Å². The molecule has 0 spiro atoms. The molecule has 0 amide bonds. The maximum absolute atomic E-state index is 12.8. The fourth-order valence-electron chi connectivity index (χ4n) is 2.16. The first-order valence-electron chi connectivity index (χ1n) is 6.25. The van der Waals surface area contributed by atoms with Crippen LogP contribution in [-0.2, 0) is 6.42 Å². The van der Waals surface area contributed by atoms with Gasteiger partial charge in [-0.05, 0) is 38.5 Å². The van der Waals surface area contributed by atoms with Crippen molar-refractivity contribution in [1.29, 1.82) is 0 Å². The summed E-state index contributed by atoms with van der Waals surface area (Å²) in [6.45, 7) is 11.4. The minimum Gasteiger partial charge on any atom is -0.324 e. The highest BCUT2D eigenvalue weighted by Crippen LogP contribution is 2.10. The SMILES string of the molecule is CC[N+](CC)(CC)CCc1ccc(F)cc1. The molecule has 90 valence electrons. The van der Waals surface area contributed by atoms with E-state index >= 15 is 0 Å². The Morgan fingerprint density at radius 1 is 0.938 bits per heavy atom. The molecule has 0 aromatic heterocycles. The van der Waals surface area contributed by atoms with E-state index in [1.54, 1.807) is 12.1 Å². The minimum absolute atomic E-state index is 0.147. The van der Waals surface area contributed by atoms with Crippen LogP contribution in [0.3, 0.4) is 0 Å². The number of nitrogens with zero attached hydrogens (tertiary/aromatic N) is 1. The molecule has 0 saturated carbocycles. The van der Waals surface area contributed by atoms with Gasteiger partial charge in [0.1, 0.15) is 5.82 Å². The van der Waals surface area contributed by atoms with Gasteiger partial charge < -0.3 is 4.48 Å². The zero-order valence-electron chi connectivity index (χ0n) is 10.7. The van der Waals surface area contributed by atoms with Crippen molar-refractivity contribution in [3.8, 4) is 0 Å². The summed E-state index contributed by atoms with van der Waals surface area (Å²) in [6.07, 6.45) is 1.04. The van der Waals surface area contributed by atoms with Crippen LogP contribution in [-0.4, -0.2) is 30.7 Å². The number of quaternary nitrogens is 1. The molecule has 16 heavy (non-hydrogen) atoms. The Balaban J connectivity index is 2.58. The van der Waals surface area contributed by atoms with E-state index in [1.165, 1.54) is 25.2 Å². The Labute approximate surface area is 98.5 Å². The molecule has 1 aromatic rings. The zero-order chi connectivity index (χ0) is 12.0. The number of benzene rings is 1. The van der Waals surface area contributed by atoms with Gasteiger partial charge >= 0.3 is 0 Å². The normalized spacial score (nSPS) is 11.8. The fourth-order valence-corrected chi connectivity index (χ4v) is 2.16. The van der Waals surface area contributed by atoms with Crippen LogP contribution < -0.4 is 0 Å². The van der Waals surface area contributed by atoms with E-state index in [-0.39, 0.29) is 5.82 Å². The number of likely N-dealkylation sites (N-methyl/N-ethyl adjacent to an activating group) is 1. The van der Waals surface area contributed by atoms with Gasteiger partial charge in [0.2, 0.25) is 0 Å². The van der Waals surface area contributed by atoms with Crippen molar-refractivity contribution in [3.63, 3.8) is 0 Å². The first-order valence-corrected chi connectivity index (χ1v) is 6.25. The lowest BCUT2D eigenvalue weighted by molar-refractivity contribution is -0.923. The molecule has 1 rings (SSSR count). The first-order chi connectivity index (χ1) is 7.65. The number of hydrogen-bond donors (Lipinski definition) is 0. The van der Waals surface area contributed by atoms with Crippen molar-refractivity contribution < 1.29 is 8.87 Å². The van der Waals surface area contributed by atoms with Crippen molar-refractivity contribution in [2.75, 3.05) is 26.2 Å². The minimum atomic E-state index is -0.147. The molecule has 0 radical (unpaired) electrons. The largest absolute Gasteiger partial charge is 0.324 e. The lowest BCUT2D eigenvalue weighted by atomic mass is 10.1. The van der Waals surface area contributed by atoms with Gasteiger partial charge in [0.25, 0.3) is 0 Å². The van der Waals surface area contributed by atoms with E-state index in [4.69, 9.17) is 0 Å². The Morgan fingerprint density at radius 2 is 1.44 bits per heavy atom. The van der Waals surface area contributed by atoms with Crippen LogP contribution in [0.2, 0.25) is 0 Å². The third-order valence-corrected chi connectivity index (χ3v) is 3.80. The summed E-state index contributed by atoms with van der Waals surface area (Å²) in [5, 5.41) is 0. The molecule has 0 saturated heterocycles. The third kappa shape index (κ3) is 3.31. The van der Waals surface area contributed by atoms with Crippen LogP contribution in [0.1, 0.15) is 26.3 Å². The fraction of sp³-hybridized carbons (Fsp3) is 0.571. The average molecular weight is 224 g/mol. The second-order valence-electron chi connectivity index (χ2n) is 4.39. The zero-order valence-corrected chi connectivity index (χ0v) is 10.7. The summed E-state index contributed by atoms with van der Waals surface area (Å²) in [5.41, 5.74) is 1.24. The van der Waals surface area contributed by atoms with Crippen molar-refractivity contribution in [2.45, 2.75) is 27.2 Å². The summed E-state index contributed by atoms with van der Waals surface area (Å²) >= 11 is 0. The lowest BCUT2D eigenvalue weighted by Crippen LogP contribution is -2.48. The van der Waals surface area contributed by atoms with Crippen molar-refractivity contribution >= 4 is 0 Å². The molecule has 1 aromatic carbocycles. The Hall–Kier alpha value is -0.890. The molecule has 0 bridgehead atoms. The number of rotatable bonds is 6. The lowest BCUT2D eigenvalue weighted by Gasteiger charge is -2.35. The molecule has 0 aliphatic heterocycles. The quantitative estimate of drug-likeness (QED) is 0.651. The van der Waals surface area contributed by atoms with E-state index in [0.29, 0.717) is 0 Å². The summed E-state index contributed by atoms with van der Waals surface area (Å²) in [5.74, 6) is -0.147. The highest BCUT2D eigenvalue weighted by Gasteiger charge is 2.19. The molecular formula is C14H23FN+. The van der Waals surface area contributed by atoms with Gasteiger partial charge in [0.05, 0.1) is 26.2 Å². The highest BCUT2D eigenvalue weighted by molar-refractivity contribution is 5.16. The molecule has 0 fully saturated rings. The molecular weight excluding hydrogens is 201 g/mol. The topological polar surface area (TPSA) is 0 Å². The molecule has 2 heteroatoms. The van der Waals surface area contributed by atoms with E-state index in [2.05, 4.69) is 20.8 Å². The predicted molar refractivity (Wildman–Crippen MR) is 66.9 cm³/mol. The van der Waals surface area contributed by atoms with Gasteiger partial charge in [-0.25, -0.2) is 4.39 Å². The summed E-state index contributed by atoms with van der Waals surface area (Å²) in [7, 11) is 0. The second-order valence-corrected chi connectivity index (χ2v) is 4.39. The molecule has 0 aliphatic rings. The van der Waals surface area contributed by atoms with Crippen molar-refractivity contribution in [2.24, 2.45) is 0 Å². The van der Waals surface area contributed by atoms with Crippen LogP contribution in [0.25, 0.3) is 0 Å². The monoisotopic (exact) mass is 224 g/mol. The summed E-state index contributed by atoms with van der Waals surface area (Å²) in [4.78, 5) is 0. The predicted octanol–water partition coefficient (Wildman–Crippen LogP) is 3.24. The first kappa shape index (κ1) is 13.2. The van der Waals surface area contributed by atoms with Gasteiger partial charge in [-0.15, -0.1) is 0 Å². The van der Waals surface area contributed by atoms with Crippen molar-refractivity contribution in [1.82, 2.24) is 0 Å². The summed E-state index contributed by atoms with van der Waals surface area (Å²) < 4.78 is 13.9. The number of halogens is 1. The highest BCUT2D eigenvalue weighted by atomic mass is 19.1. The van der Waals surface area contributed by atoms with Gasteiger partial charge in [0, 0.05) is 6.42 Å². The third-order valence-electron chi connectivity index (χ3n) is 3.80. The van der Waals surface area contributed by atoms with E-state index in [1.807, 2.05) is 12.1 Å². The smallest absolute Gasteiger partial charge is 0.123 e. The molecule has 0 atom stereocenters. The maximum Gasteiger partial charge on any atom is 0.123 e. The summed E-state index contributed by atoms with van der Waals surface area (Å²) in [6, 6.07) is 6.89. The molecule has 1 nitrogen and oxygen atoms in total. The number of hydrogen-bond acceptors (Lipinski definition) is 0. The van der Waals surface area contributed by atoms with Crippen LogP contribution >= 0.6 is 0 Å². The van der Waals surface area contributed by atoms with E-state index < -0.39 is 0 Å². The maximum atomic E-state index is 12.8. The van der Waals surface area contributed by atoms with Crippen LogP contribution in [0, 0.1) is 5.82 Å². The molecule has 0 unspecified atom stereocenters. The Bertz CT molecular complexity index is 293. The standard InChI is InChI=1S/C14H23FN/c1-4-16(5-2,6-3)12-11-13-7-9-14(15)10-8-13/h7-10H,4-6,11-12H2,1-3H3/q+1. The van der Waals surface area contributed by atoms with Gasteiger partial charge in [0.15, 0.2) is 0 Å².